The summed E-state index contributed by atoms with van der Waals surface area (Å²) in [6, 6.07) is 10.7. The number of rotatable bonds is 5. The molecule has 7 nitrogen and oxygen atoms in total. The van der Waals surface area contributed by atoms with Crippen molar-refractivity contribution in [2.24, 2.45) is 0 Å². The summed E-state index contributed by atoms with van der Waals surface area (Å²) < 4.78 is 42.6. The van der Waals surface area contributed by atoms with Crippen LogP contribution in [0.25, 0.3) is 5.69 Å². The molecule has 0 aliphatic heterocycles. The highest BCUT2D eigenvalue weighted by molar-refractivity contribution is 7.92. The second-order valence-corrected chi connectivity index (χ2v) is 6.71. The molecule has 0 amide bonds. The zero-order valence-electron chi connectivity index (χ0n) is 12.6. The molecular weight excluding hydrogens is 349 g/mol. The third-order valence-corrected chi connectivity index (χ3v) is 4.75. The van der Waals surface area contributed by atoms with E-state index in [1.165, 1.54) is 12.1 Å². The van der Waals surface area contributed by atoms with Crippen LogP contribution in [-0.4, -0.2) is 29.3 Å². The minimum absolute atomic E-state index is 0.217. The van der Waals surface area contributed by atoms with Gasteiger partial charge in [0.1, 0.15) is 10.7 Å². The lowest BCUT2D eigenvalue weighted by Crippen LogP contribution is -2.15. The van der Waals surface area contributed by atoms with Crippen LogP contribution in [0.2, 0.25) is 0 Å². The van der Waals surface area contributed by atoms with E-state index in [4.69, 9.17) is 5.11 Å². The molecule has 9 heteroatoms. The van der Waals surface area contributed by atoms with Crippen LogP contribution in [-0.2, 0) is 10.0 Å². The Balaban J connectivity index is 1.92. The molecule has 0 unspecified atom stereocenters. The van der Waals surface area contributed by atoms with Gasteiger partial charge in [-0.3, -0.25) is 4.72 Å². The summed E-state index contributed by atoms with van der Waals surface area (Å²) >= 11 is 0. The average molecular weight is 361 g/mol. The van der Waals surface area contributed by atoms with Crippen LogP contribution in [0.4, 0.5) is 10.1 Å². The highest BCUT2D eigenvalue weighted by Gasteiger charge is 2.21. The second-order valence-electron chi connectivity index (χ2n) is 5.06. The van der Waals surface area contributed by atoms with Crippen molar-refractivity contribution in [1.82, 2.24) is 9.78 Å². The molecule has 0 aliphatic carbocycles. The second kappa shape index (κ2) is 6.36. The van der Waals surface area contributed by atoms with E-state index in [2.05, 4.69) is 9.82 Å². The van der Waals surface area contributed by atoms with Gasteiger partial charge in [0.15, 0.2) is 0 Å². The maximum absolute atomic E-state index is 14.0. The fourth-order valence-corrected chi connectivity index (χ4v) is 3.31. The molecule has 0 atom stereocenters. The van der Waals surface area contributed by atoms with Crippen molar-refractivity contribution in [2.75, 3.05) is 4.72 Å². The number of benzene rings is 2. The molecule has 0 fully saturated rings. The lowest BCUT2D eigenvalue weighted by atomic mass is 10.2. The maximum atomic E-state index is 14.0. The van der Waals surface area contributed by atoms with E-state index in [0.29, 0.717) is 11.8 Å². The number of carbonyl (C=O) groups is 1. The Morgan fingerprint density at radius 3 is 2.60 bits per heavy atom. The Morgan fingerprint density at radius 2 is 1.96 bits per heavy atom. The van der Waals surface area contributed by atoms with Crippen molar-refractivity contribution in [3.8, 4) is 5.69 Å². The minimum Gasteiger partial charge on any atom is -0.478 e. The molecular formula is C16H12FN3O4S. The lowest BCUT2D eigenvalue weighted by molar-refractivity contribution is 0.0696. The first-order chi connectivity index (χ1) is 11.9. The maximum Gasteiger partial charge on any atom is 0.335 e. The van der Waals surface area contributed by atoms with E-state index < -0.39 is 26.7 Å². The molecule has 25 heavy (non-hydrogen) atoms. The highest BCUT2D eigenvalue weighted by Crippen LogP contribution is 2.21. The standard InChI is InChI=1S/C16H12FN3O4S/c17-14-9-11(16(21)22)5-6-15(14)25(23,24)19-12-3-1-4-13(10-12)20-8-2-7-18-20/h1-10,19H,(H,21,22). The minimum atomic E-state index is -4.22. The van der Waals surface area contributed by atoms with E-state index in [1.807, 2.05) is 0 Å². The third kappa shape index (κ3) is 3.50. The number of sulfonamides is 1. The summed E-state index contributed by atoms with van der Waals surface area (Å²) in [5.41, 5.74) is 0.499. The first-order valence-corrected chi connectivity index (χ1v) is 8.51. The van der Waals surface area contributed by atoms with Crippen LogP contribution in [0.1, 0.15) is 10.4 Å². The van der Waals surface area contributed by atoms with Crippen molar-refractivity contribution >= 4 is 21.7 Å². The van der Waals surface area contributed by atoms with Crippen molar-refractivity contribution in [2.45, 2.75) is 4.90 Å². The highest BCUT2D eigenvalue weighted by atomic mass is 32.2. The molecule has 0 spiro atoms. The van der Waals surface area contributed by atoms with Gasteiger partial charge in [0, 0.05) is 12.4 Å². The fourth-order valence-electron chi connectivity index (χ4n) is 2.20. The summed E-state index contributed by atoms with van der Waals surface area (Å²) in [6.07, 6.45) is 3.27. The Hall–Kier alpha value is -3.20. The predicted molar refractivity (Wildman–Crippen MR) is 87.7 cm³/mol. The molecule has 0 aliphatic rings. The Bertz CT molecular complexity index is 1030. The van der Waals surface area contributed by atoms with Gasteiger partial charge < -0.3 is 5.11 Å². The lowest BCUT2D eigenvalue weighted by Gasteiger charge is -2.10. The molecule has 1 heterocycles. The summed E-state index contributed by atoms with van der Waals surface area (Å²) in [7, 11) is -4.22. The van der Waals surface area contributed by atoms with Gasteiger partial charge in [0.05, 0.1) is 16.9 Å². The van der Waals surface area contributed by atoms with E-state index in [-0.39, 0.29) is 11.3 Å². The van der Waals surface area contributed by atoms with Gasteiger partial charge in [-0.25, -0.2) is 22.3 Å². The fraction of sp³-hybridized carbons (Fsp3) is 0. The third-order valence-electron chi connectivity index (χ3n) is 3.34. The van der Waals surface area contributed by atoms with Gasteiger partial charge >= 0.3 is 5.97 Å². The molecule has 1 aromatic heterocycles. The SMILES string of the molecule is O=C(O)c1ccc(S(=O)(=O)Nc2cccc(-n3cccn3)c2)c(F)c1. The monoisotopic (exact) mass is 361 g/mol. The number of carboxylic acid groups (broad SMARTS) is 1. The predicted octanol–water partition coefficient (Wildman–Crippen LogP) is 2.51. The molecule has 0 saturated heterocycles. The molecule has 0 saturated carbocycles. The number of carboxylic acids is 1. The summed E-state index contributed by atoms with van der Waals surface area (Å²) in [6.45, 7) is 0. The van der Waals surface area contributed by atoms with Crippen molar-refractivity contribution in [3.63, 3.8) is 0 Å². The van der Waals surface area contributed by atoms with Crippen molar-refractivity contribution in [1.29, 1.82) is 0 Å². The Kier molecular flexibility index (Phi) is 4.24. The van der Waals surface area contributed by atoms with E-state index in [0.717, 1.165) is 12.1 Å². The Morgan fingerprint density at radius 1 is 1.16 bits per heavy atom. The number of aromatic nitrogens is 2. The number of hydrogen-bond acceptors (Lipinski definition) is 4. The van der Waals surface area contributed by atoms with E-state index in [1.54, 1.807) is 35.3 Å². The first kappa shape index (κ1) is 16.7. The van der Waals surface area contributed by atoms with Crippen LogP contribution in [0.5, 0.6) is 0 Å². The zero-order valence-corrected chi connectivity index (χ0v) is 13.4. The number of nitrogens with zero attached hydrogens (tertiary/aromatic N) is 2. The van der Waals surface area contributed by atoms with Crippen LogP contribution in [0.15, 0.2) is 65.8 Å². The number of hydrogen-bond donors (Lipinski definition) is 2. The quantitative estimate of drug-likeness (QED) is 0.727. The van der Waals surface area contributed by atoms with E-state index >= 15 is 0 Å². The zero-order chi connectivity index (χ0) is 18.0. The normalized spacial score (nSPS) is 11.2. The van der Waals surface area contributed by atoms with Crippen LogP contribution in [0.3, 0.4) is 0 Å². The van der Waals surface area contributed by atoms with Crippen LogP contribution < -0.4 is 4.72 Å². The molecule has 3 rings (SSSR count). The van der Waals surface area contributed by atoms with Gasteiger partial charge in [-0.15, -0.1) is 0 Å². The topological polar surface area (TPSA) is 101 Å². The van der Waals surface area contributed by atoms with Gasteiger partial charge in [0.25, 0.3) is 10.0 Å². The number of halogens is 1. The molecule has 128 valence electrons. The smallest absolute Gasteiger partial charge is 0.335 e. The first-order valence-electron chi connectivity index (χ1n) is 7.02. The Labute approximate surface area is 142 Å². The summed E-state index contributed by atoms with van der Waals surface area (Å²) in [4.78, 5) is 10.2. The molecule has 0 bridgehead atoms. The van der Waals surface area contributed by atoms with Gasteiger partial charge in [-0.05, 0) is 42.5 Å². The average Bonchev–Trinajstić information content (AvgIpc) is 3.08. The van der Waals surface area contributed by atoms with Crippen molar-refractivity contribution < 1.29 is 22.7 Å². The van der Waals surface area contributed by atoms with Gasteiger partial charge in [0.2, 0.25) is 0 Å². The molecule has 2 aromatic carbocycles. The molecule has 3 aromatic rings. The molecule has 0 radical (unpaired) electrons. The molecule has 2 N–H and O–H groups in total. The van der Waals surface area contributed by atoms with Crippen LogP contribution >= 0.6 is 0 Å². The van der Waals surface area contributed by atoms with E-state index in [9.17, 15) is 17.6 Å². The number of aromatic carboxylic acids is 1. The summed E-state index contributed by atoms with van der Waals surface area (Å²) in [5, 5.41) is 12.9. The van der Waals surface area contributed by atoms with Gasteiger partial charge in [-0.2, -0.15) is 5.10 Å². The number of nitrogens with one attached hydrogen (secondary N) is 1. The van der Waals surface area contributed by atoms with Crippen molar-refractivity contribution in [3.05, 3.63) is 72.3 Å². The van der Waals surface area contributed by atoms with Gasteiger partial charge in [-0.1, -0.05) is 6.07 Å². The largest absolute Gasteiger partial charge is 0.478 e. The number of anilines is 1. The van der Waals surface area contributed by atoms with Crippen LogP contribution in [0, 0.1) is 5.82 Å². The summed E-state index contributed by atoms with van der Waals surface area (Å²) in [5.74, 6) is -2.49.